The van der Waals surface area contributed by atoms with E-state index in [1.165, 1.54) is 5.56 Å². The molecule has 6 bridgehead atoms. The van der Waals surface area contributed by atoms with Gasteiger partial charge < -0.3 is 50.2 Å². The number of phenolic OH excluding ortho intramolecular Hbond substituents is 1. The van der Waals surface area contributed by atoms with Crippen molar-refractivity contribution in [2.24, 2.45) is 11.8 Å². The second kappa shape index (κ2) is 24.2. The highest BCUT2D eigenvalue weighted by molar-refractivity contribution is 6.01. The lowest BCUT2D eigenvalue weighted by atomic mass is 9.77. The van der Waals surface area contributed by atoms with E-state index in [1.807, 2.05) is 74.5 Å². The average molecular weight is 976 g/mol. The summed E-state index contributed by atoms with van der Waals surface area (Å²) in [6, 6.07) is 27.4. The Kier molecular flexibility index (Phi) is 17.4. The van der Waals surface area contributed by atoms with E-state index in [2.05, 4.69) is 47.7 Å². The number of nitrogens with one attached hydrogen (secondary N) is 1. The number of rotatable bonds is 17. The largest absolute Gasteiger partial charge is 0.508 e. The average Bonchev–Trinajstić information content (AvgIpc) is 3.36. The van der Waals surface area contributed by atoms with Crippen molar-refractivity contribution in [2.75, 3.05) is 19.0 Å². The molecule has 0 amide bonds. The predicted octanol–water partition coefficient (Wildman–Crippen LogP) is 10.6. The van der Waals surface area contributed by atoms with Crippen LogP contribution in [0.1, 0.15) is 122 Å². The molecule has 7 N–H and O–H groups in total. The number of anilines is 1. The van der Waals surface area contributed by atoms with Gasteiger partial charge in [0.25, 0.3) is 0 Å². The fourth-order valence-corrected chi connectivity index (χ4v) is 10.6. The fourth-order valence-electron chi connectivity index (χ4n) is 10.6. The molecule has 9 rings (SSSR count). The summed E-state index contributed by atoms with van der Waals surface area (Å²) in [5.41, 5.74) is 8.00. The Balaban J connectivity index is 1.04. The number of hydrogen-bond donors (Lipinski definition) is 7. The van der Waals surface area contributed by atoms with Gasteiger partial charge in [-0.15, -0.1) is 0 Å². The third-order valence-corrected chi connectivity index (χ3v) is 14.6. The Morgan fingerprint density at radius 2 is 1.69 bits per heavy atom. The molecule has 0 saturated carbocycles. The van der Waals surface area contributed by atoms with Crippen LogP contribution in [-0.4, -0.2) is 68.4 Å². The minimum absolute atomic E-state index is 0.00163. The van der Waals surface area contributed by atoms with Gasteiger partial charge in [0.05, 0.1) is 19.3 Å². The summed E-state index contributed by atoms with van der Waals surface area (Å²) in [5, 5.41) is 69.8. The van der Waals surface area contributed by atoms with Crippen molar-refractivity contribution in [3.05, 3.63) is 159 Å². The molecule has 72 heavy (non-hydrogen) atoms. The van der Waals surface area contributed by atoms with E-state index in [0.717, 1.165) is 64.6 Å². The molecule has 11 heteroatoms. The summed E-state index contributed by atoms with van der Waals surface area (Å²) in [6.45, 7) is 3.87. The number of ketones is 1. The molecule has 0 radical (unpaired) electrons. The lowest BCUT2D eigenvalue weighted by Crippen LogP contribution is -2.33. The molecule has 0 fully saturated rings. The van der Waals surface area contributed by atoms with Gasteiger partial charge in [-0.25, -0.2) is 0 Å². The van der Waals surface area contributed by atoms with E-state index in [1.54, 1.807) is 25.3 Å². The number of fused-ring (bicyclic) bond motifs is 9. The van der Waals surface area contributed by atoms with Crippen LogP contribution in [0.2, 0.25) is 0 Å². The number of ether oxygens (including phenoxy) is 3. The maximum absolute atomic E-state index is 13.9. The zero-order chi connectivity index (χ0) is 50.7. The van der Waals surface area contributed by atoms with Gasteiger partial charge in [0.1, 0.15) is 36.1 Å². The van der Waals surface area contributed by atoms with Gasteiger partial charge in [0, 0.05) is 54.2 Å². The minimum Gasteiger partial charge on any atom is -0.508 e. The van der Waals surface area contributed by atoms with Crippen molar-refractivity contribution in [1.29, 1.82) is 0 Å². The number of aryl methyl sites for hydroxylation is 2. The first-order valence-electron chi connectivity index (χ1n) is 25.5. The zero-order valence-corrected chi connectivity index (χ0v) is 41.6. The number of phenols is 1. The Hall–Kier alpha value is -6.55. The molecule has 4 aliphatic rings. The van der Waals surface area contributed by atoms with Gasteiger partial charge in [-0.3, -0.25) is 4.79 Å². The van der Waals surface area contributed by atoms with Crippen LogP contribution in [0.15, 0.2) is 114 Å². The van der Waals surface area contributed by atoms with Gasteiger partial charge in [-0.05, 0) is 157 Å². The highest BCUT2D eigenvalue weighted by atomic mass is 16.5. The number of aromatic hydroxyl groups is 1. The standard InChI is InChI=1S/C61H69NO10/c1-38-20-24-50-54-37-72-59-30-42(22-25-58(59)70-3)21-23-47(65)34-48(71-27-11-19-49-52(35-53(54)61(68)69)60(50)51(38)36-57(49)67)32-45-33-56(66)44(17-10-26-63)31-43(45)16-8-7-14-40-15-9-18-46(28-40)62-55(39(2)64)29-41-12-5-4-6-13-41/h4-6,9,12-13,15,18,20,22,24-25,28,30-31,33,35-36,38-39,43,45,48,55,61-64,66-69H,7-8,10,14,16-17,19,21,23,26,29,32,34,37H2,1-3H3/t38-,39+,43+,45+,48+,55-/m1/s1. The third kappa shape index (κ3) is 12.7. The molecule has 0 unspecified atom stereocenters. The fraction of sp³-hybridized carbons (Fsp3) is 0.393. The molecular formula is C61H69NO10. The smallest absolute Gasteiger partial charge is 0.178 e. The molecule has 5 aromatic carbocycles. The molecular weight excluding hydrogens is 907 g/mol. The van der Waals surface area contributed by atoms with Crippen LogP contribution in [0.3, 0.4) is 0 Å². The van der Waals surface area contributed by atoms with Crippen molar-refractivity contribution < 1.29 is 49.6 Å². The number of carbonyl (C=O) groups is 1. The van der Waals surface area contributed by atoms with Gasteiger partial charge in [0.2, 0.25) is 0 Å². The first-order chi connectivity index (χ1) is 34.9. The summed E-state index contributed by atoms with van der Waals surface area (Å²) >= 11 is 0. The lowest BCUT2D eigenvalue weighted by Gasteiger charge is -2.30. The molecule has 6 atom stereocenters. The van der Waals surface area contributed by atoms with Crippen LogP contribution in [0.4, 0.5) is 5.69 Å². The van der Waals surface area contributed by atoms with Crippen LogP contribution in [0.25, 0.3) is 16.8 Å². The maximum Gasteiger partial charge on any atom is 0.178 e. The zero-order valence-electron chi connectivity index (χ0n) is 41.6. The van der Waals surface area contributed by atoms with Crippen molar-refractivity contribution in [3.8, 4) is 29.3 Å². The first-order valence-corrected chi connectivity index (χ1v) is 25.5. The SMILES string of the molecule is COc1ccc2cc1OCc1c(C(O)O)cc3c(c(O)cc4c3c1C=C[C@H]4C)CC#CO[C@@H](C[C@H]1C=C(O)C(CCCO)=C[C@@H]1CCCCc1cccc(N[C@H](Cc3ccccc3)[C@H](C)O)c1)CC(=O)CC2. The monoisotopic (exact) mass is 975 g/mol. The van der Waals surface area contributed by atoms with Gasteiger partial charge >= 0.3 is 0 Å². The number of methoxy groups -OCH3 is 1. The number of allylic oxidation sites excluding steroid dienone is 4. The highest BCUT2D eigenvalue weighted by Gasteiger charge is 2.30. The van der Waals surface area contributed by atoms with Crippen molar-refractivity contribution >= 4 is 28.3 Å². The van der Waals surface area contributed by atoms with E-state index in [4.69, 9.17) is 14.2 Å². The van der Waals surface area contributed by atoms with E-state index in [0.29, 0.717) is 60.1 Å². The third-order valence-electron chi connectivity index (χ3n) is 14.6. The number of hydrogen-bond acceptors (Lipinski definition) is 11. The van der Waals surface area contributed by atoms with Crippen LogP contribution in [0, 0.1) is 23.9 Å². The van der Waals surface area contributed by atoms with Crippen LogP contribution >= 0.6 is 0 Å². The molecule has 378 valence electrons. The van der Waals surface area contributed by atoms with E-state index in [9.17, 15) is 35.4 Å². The van der Waals surface area contributed by atoms with E-state index >= 15 is 0 Å². The summed E-state index contributed by atoms with van der Waals surface area (Å²) in [6.07, 6.45) is 14.5. The number of carbonyl (C=O) groups excluding carboxylic acids is 1. The van der Waals surface area contributed by atoms with Crippen LogP contribution < -0.4 is 14.8 Å². The molecule has 5 aromatic rings. The Labute approximate surface area is 423 Å². The van der Waals surface area contributed by atoms with E-state index in [-0.39, 0.29) is 79.1 Å². The highest BCUT2D eigenvalue weighted by Crippen LogP contribution is 2.44. The number of aliphatic hydroxyl groups is 5. The van der Waals surface area contributed by atoms with Gasteiger partial charge in [0.15, 0.2) is 17.8 Å². The quantitative estimate of drug-likeness (QED) is 0.0268. The molecule has 2 aliphatic heterocycles. The minimum atomic E-state index is -1.84. The Morgan fingerprint density at radius 1 is 0.875 bits per heavy atom. The number of benzene rings is 5. The molecule has 0 spiro atoms. The van der Waals surface area contributed by atoms with Crippen LogP contribution in [0.5, 0.6) is 17.2 Å². The number of Topliss-reactive ketones (excluding diaryl/α,β-unsaturated/α-hetero) is 1. The molecule has 2 aliphatic carbocycles. The normalized spacial score (nSPS) is 19.8. The second-order valence-corrected chi connectivity index (χ2v) is 19.7. The van der Waals surface area contributed by atoms with Crippen molar-refractivity contribution in [3.63, 3.8) is 0 Å². The van der Waals surface area contributed by atoms with Crippen molar-refractivity contribution in [2.45, 2.75) is 128 Å². The Bertz CT molecular complexity index is 2850. The topological polar surface area (TPSA) is 178 Å². The summed E-state index contributed by atoms with van der Waals surface area (Å²) in [5.74, 6) is 4.10. The first kappa shape index (κ1) is 51.8. The lowest BCUT2D eigenvalue weighted by molar-refractivity contribution is -0.121. The van der Waals surface area contributed by atoms with E-state index < -0.39 is 18.5 Å². The number of aliphatic hydroxyl groups excluding tert-OH is 4. The number of unbranched alkanes of at least 4 members (excludes halogenated alkanes) is 1. The van der Waals surface area contributed by atoms with Gasteiger partial charge in [-0.1, -0.05) is 86.0 Å². The summed E-state index contributed by atoms with van der Waals surface area (Å²) in [7, 11) is 1.56. The molecule has 2 heterocycles. The second-order valence-electron chi connectivity index (χ2n) is 19.7. The van der Waals surface area contributed by atoms with Crippen molar-refractivity contribution in [1.82, 2.24) is 0 Å². The summed E-state index contributed by atoms with van der Waals surface area (Å²) in [4.78, 5) is 13.9. The maximum atomic E-state index is 13.9. The molecule has 11 nitrogen and oxygen atoms in total. The van der Waals surface area contributed by atoms with Gasteiger partial charge in [-0.2, -0.15) is 0 Å². The Morgan fingerprint density at radius 3 is 2.47 bits per heavy atom. The predicted molar refractivity (Wildman–Crippen MR) is 282 cm³/mol. The molecule has 0 aromatic heterocycles. The molecule has 0 saturated heterocycles. The van der Waals surface area contributed by atoms with Crippen LogP contribution in [-0.2, 0) is 41.8 Å². The summed E-state index contributed by atoms with van der Waals surface area (Å²) < 4.78 is 18.5.